The maximum absolute atomic E-state index is 14.4. The van der Waals surface area contributed by atoms with Gasteiger partial charge in [0.25, 0.3) is 0 Å². The van der Waals surface area contributed by atoms with E-state index in [-0.39, 0.29) is 17.2 Å². The minimum Gasteiger partial charge on any atom is -0.493 e. The largest absolute Gasteiger partial charge is 0.493 e. The van der Waals surface area contributed by atoms with Crippen LogP contribution in [-0.2, 0) is 11.2 Å². The molecular weight excluding hydrogens is 413 g/mol. The van der Waals surface area contributed by atoms with Crippen LogP contribution in [0.1, 0.15) is 51.0 Å². The molecule has 0 atom stereocenters. The number of hydrogen-bond donors (Lipinski definition) is 1. The van der Waals surface area contributed by atoms with Crippen LogP contribution < -0.4 is 10.1 Å². The van der Waals surface area contributed by atoms with Gasteiger partial charge in [0.15, 0.2) is 5.13 Å². The Morgan fingerprint density at radius 1 is 1.16 bits per heavy atom. The molecule has 0 amide bonds. The van der Waals surface area contributed by atoms with Crippen molar-refractivity contribution >= 4 is 28.4 Å². The summed E-state index contributed by atoms with van der Waals surface area (Å²) in [5.41, 5.74) is 2.43. The van der Waals surface area contributed by atoms with Gasteiger partial charge in [-0.15, -0.1) is 0 Å². The van der Waals surface area contributed by atoms with E-state index in [1.807, 2.05) is 18.2 Å². The lowest BCUT2D eigenvalue weighted by Gasteiger charge is -2.12. The Kier molecular flexibility index (Phi) is 8.97. The van der Waals surface area contributed by atoms with Gasteiger partial charge in [0.05, 0.1) is 6.61 Å². The lowest BCUT2D eigenvalue weighted by molar-refractivity contribution is -0.107. The Morgan fingerprint density at radius 2 is 2.00 bits per heavy atom. The molecule has 1 N–H and O–H groups in total. The number of aromatic nitrogens is 2. The first-order chi connectivity index (χ1) is 15.2. The molecule has 3 aromatic rings. The average molecular weight is 442 g/mol. The van der Waals surface area contributed by atoms with Crippen LogP contribution in [0.3, 0.4) is 0 Å². The van der Waals surface area contributed by atoms with Gasteiger partial charge < -0.3 is 14.8 Å². The van der Waals surface area contributed by atoms with Gasteiger partial charge in [0.2, 0.25) is 5.13 Å². The molecule has 0 radical (unpaired) electrons. The molecule has 1 aromatic carbocycles. The molecule has 2 heterocycles. The summed E-state index contributed by atoms with van der Waals surface area (Å²) < 4.78 is 20.3. The van der Waals surface area contributed by atoms with Crippen LogP contribution in [0.2, 0.25) is 0 Å². The topological polar surface area (TPSA) is 64.1 Å². The fourth-order valence-corrected chi connectivity index (χ4v) is 4.01. The molecule has 3 rings (SSSR count). The van der Waals surface area contributed by atoms with E-state index in [9.17, 15) is 9.18 Å². The molecule has 0 aliphatic rings. The standard InChI is InChI=1S/C24H28FN3O2S/c1-2-3-4-5-6-7-15-30-21-11-10-20(16-18(21)12-14-29)27-24-28-22(23(25)31-24)19-9-8-13-26-17-19/h8-11,13-14,16-17H,2-7,12,15H2,1H3,(H,27,28). The van der Waals surface area contributed by atoms with Gasteiger partial charge in [-0.3, -0.25) is 4.98 Å². The summed E-state index contributed by atoms with van der Waals surface area (Å²) in [5, 5.41) is 3.20. The fraction of sp³-hybridized carbons (Fsp3) is 0.375. The van der Waals surface area contributed by atoms with E-state index in [0.29, 0.717) is 23.1 Å². The highest BCUT2D eigenvalue weighted by atomic mass is 32.1. The van der Waals surface area contributed by atoms with Crippen molar-refractivity contribution in [3.8, 4) is 17.0 Å². The zero-order chi connectivity index (χ0) is 21.9. The Balaban J connectivity index is 1.62. The number of hydrogen-bond acceptors (Lipinski definition) is 6. The number of benzene rings is 1. The number of pyridine rings is 1. The molecule has 0 saturated heterocycles. The molecule has 0 bridgehead atoms. The number of rotatable bonds is 13. The Hall–Kier alpha value is -2.80. The van der Waals surface area contributed by atoms with Crippen molar-refractivity contribution in [2.24, 2.45) is 0 Å². The Morgan fingerprint density at radius 3 is 2.77 bits per heavy atom. The third-order valence-corrected chi connectivity index (χ3v) is 5.65. The second-order valence-corrected chi connectivity index (χ2v) is 8.27. The number of carbonyl (C=O) groups excluding carboxylic acids is 1. The Bertz CT molecular complexity index is 963. The van der Waals surface area contributed by atoms with E-state index in [1.165, 1.54) is 25.7 Å². The lowest BCUT2D eigenvalue weighted by atomic mass is 10.1. The summed E-state index contributed by atoms with van der Waals surface area (Å²) in [5.74, 6) is 0.715. The van der Waals surface area contributed by atoms with E-state index >= 15 is 0 Å². The normalized spacial score (nSPS) is 10.8. The summed E-state index contributed by atoms with van der Waals surface area (Å²) >= 11 is 0.935. The highest BCUT2D eigenvalue weighted by molar-refractivity contribution is 7.14. The molecule has 0 saturated carbocycles. The molecule has 0 fully saturated rings. The summed E-state index contributed by atoms with van der Waals surface area (Å²) in [6.45, 7) is 2.85. The highest BCUT2D eigenvalue weighted by Gasteiger charge is 2.14. The zero-order valence-electron chi connectivity index (χ0n) is 17.8. The second kappa shape index (κ2) is 12.2. The van der Waals surface area contributed by atoms with Gasteiger partial charge in [0.1, 0.15) is 17.7 Å². The van der Waals surface area contributed by atoms with Crippen LogP contribution in [-0.4, -0.2) is 22.9 Å². The fourth-order valence-electron chi connectivity index (χ4n) is 3.27. The number of ether oxygens (including phenoxy) is 1. The van der Waals surface area contributed by atoms with E-state index in [0.717, 1.165) is 41.7 Å². The first-order valence-electron chi connectivity index (χ1n) is 10.7. The van der Waals surface area contributed by atoms with Gasteiger partial charge >= 0.3 is 0 Å². The van der Waals surface area contributed by atoms with Crippen LogP contribution in [0, 0.1) is 5.13 Å². The van der Waals surface area contributed by atoms with Crippen LogP contribution in [0.5, 0.6) is 5.75 Å². The van der Waals surface area contributed by atoms with Crippen LogP contribution in [0.25, 0.3) is 11.3 Å². The number of halogens is 1. The number of thiazole rings is 1. The first kappa shape index (κ1) is 22.9. The third-order valence-electron chi connectivity index (χ3n) is 4.89. The van der Waals surface area contributed by atoms with E-state index in [2.05, 4.69) is 22.2 Å². The van der Waals surface area contributed by atoms with E-state index in [1.54, 1.807) is 24.5 Å². The van der Waals surface area contributed by atoms with Crippen molar-refractivity contribution in [1.29, 1.82) is 0 Å². The van der Waals surface area contributed by atoms with Gasteiger partial charge in [-0.25, -0.2) is 4.98 Å². The summed E-state index contributed by atoms with van der Waals surface area (Å²) in [6, 6.07) is 9.08. The number of anilines is 2. The molecule has 0 aliphatic carbocycles. The smallest absolute Gasteiger partial charge is 0.206 e. The van der Waals surface area contributed by atoms with Gasteiger partial charge in [-0.2, -0.15) is 4.39 Å². The van der Waals surface area contributed by atoms with Crippen molar-refractivity contribution < 1.29 is 13.9 Å². The third kappa shape index (κ3) is 6.85. The summed E-state index contributed by atoms with van der Waals surface area (Å²) in [4.78, 5) is 19.5. The lowest BCUT2D eigenvalue weighted by Crippen LogP contribution is -2.02. The second-order valence-electron chi connectivity index (χ2n) is 7.32. The zero-order valence-corrected chi connectivity index (χ0v) is 18.6. The maximum atomic E-state index is 14.4. The van der Waals surface area contributed by atoms with E-state index < -0.39 is 0 Å². The number of unbranched alkanes of at least 4 members (excludes halogenated alkanes) is 5. The molecule has 7 heteroatoms. The van der Waals surface area contributed by atoms with Crippen molar-refractivity contribution in [1.82, 2.24) is 9.97 Å². The van der Waals surface area contributed by atoms with E-state index in [4.69, 9.17) is 4.74 Å². The average Bonchev–Trinajstić information content (AvgIpc) is 3.15. The maximum Gasteiger partial charge on any atom is 0.206 e. The molecule has 0 unspecified atom stereocenters. The summed E-state index contributed by atoms with van der Waals surface area (Å²) in [7, 11) is 0. The number of nitrogens with one attached hydrogen (secondary N) is 1. The molecule has 0 spiro atoms. The predicted molar refractivity (Wildman–Crippen MR) is 124 cm³/mol. The van der Waals surface area contributed by atoms with Crippen molar-refractivity contribution in [2.75, 3.05) is 11.9 Å². The Labute approximate surface area is 186 Å². The summed E-state index contributed by atoms with van der Waals surface area (Å²) in [6.07, 6.45) is 11.5. The molecule has 5 nitrogen and oxygen atoms in total. The SMILES string of the molecule is CCCCCCCCOc1ccc(Nc2nc(-c3cccnc3)c(F)s2)cc1CC=O. The molecule has 2 aromatic heterocycles. The monoisotopic (exact) mass is 441 g/mol. The van der Waals surface area contributed by atoms with Gasteiger partial charge in [0, 0.05) is 35.6 Å². The molecule has 31 heavy (non-hydrogen) atoms. The van der Waals surface area contributed by atoms with Crippen molar-refractivity contribution in [3.63, 3.8) is 0 Å². The van der Waals surface area contributed by atoms with Crippen LogP contribution in [0.15, 0.2) is 42.7 Å². The van der Waals surface area contributed by atoms with Crippen molar-refractivity contribution in [3.05, 3.63) is 53.4 Å². The van der Waals surface area contributed by atoms with Crippen molar-refractivity contribution in [2.45, 2.75) is 51.9 Å². The van der Waals surface area contributed by atoms with Crippen LogP contribution >= 0.6 is 11.3 Å². The van der Waals surface area contributed by atoms with Crippen LogP contribution in [0.4, 0.5) is 15.2 Å². The number of aldehydes is 1. The molecule has 164 valence electrons. The predicted octanol–water partition coefficient (Wildman–Crippen LogP) is 6.57. The number of carbonyl (C=O) groups is 1. The molecule has 0 aliphatic heterocycles. The quantitative estimate of drug-likeness (QED) is 0.240. The van der Waals surface area contributed by atoms with Gasteiger partial charge in [-0.1, -0.05) is 50.4 Å². The number of nitrogens with zero attached hydrogens (tertiary/aromatic N) is 2. The first-order valence-corrected chi connectivity index (χ1v) is 11.6. The molecular formula is C24H28FN3O2S. The minimum absolute atomic E-state index is 0.258. The minimum atomic E-state index is -0.373. The highest BCUT2D eigenvalue weighted by Crippen LogP contribution is 2.32. The van der Waals surface area contributed by atoms with Gasteiger partial charge in [-0.05, 0) is 36.8 Å².